The number of hydrogen-bond donors (Lipinski definition) is 1. The van der Waals surface area contributed by atoms with E-state index in [1.807, 2.05) is 47.8 Å². The Bertz CT molecular complexity index is 1450. The molecule has 1 saturated heterocycles. The van der Waals surface area contributed by atoms with Crippen LogP contribution in [0.5, 0.6) is 5.75 Å². The molecule has 0 aliphatic carbocycles. The lowest BCUT2D eigenvalue weighted by atomic mass is 9.99. The number of carbonyl (C=O) groups is 2. The van der Waals surface area contributed by atoms with Crippen LogP contribution in [0.1, 0.15) is 27.6 Å². The molecule has 0 radical (unpaired) electrons. The largest absolute Gasteiger partial charge is 0.507 e. The minimum atomic E-state index is -0.813. The number of ketones is 1. The Labute approximate surface area is 211 Å². The highest BCUT2D eigenvalue weighted by Gasteiger charge is 2.47. The van der Waals surface area contributed by atoms with E-state index in [4.69, 9.17) is 4.74 Å². The number of amides is 1. The normalized spacial score (nSPS) is 16.9. The average molecular weight is 500 g/mol. The van der Waals surface area contributed by atoms with Gasteiger partial charge in [-0.1, -0.05) is 36.4 Å². The fourth-order valence-corrected chi connectivity index (χ4v) is 5.03. The van der Waals surface area contributed by atoms with Gasteiger partial charge in [-0.25, -0.2) is 4.39 Å². The molecule has 180 valence electrons. The molecule has 5 nitrogen and oxygen atoms in total. The summed E-state index contributed by atoms with van der Waals surface area (Å²) < 4.78 is 19.7. The topological polar surface area (TPSA) is 66.8 Å². The molecule has 1 amide bonds. The van der Waals surface area contributed by atoms with Gasteiger partial charge in [-0.2, -0.15) is 0 Å². The maximum Gasteiger partial charge on any atom is 0.300 e. The number of nitrogens with zero attached hydrogens (tertiary/aromatic N) is 1. The molecule has 4 aromatic rings. The Balaban J connectivity index is 1.50. The summed E-state index contributed by atoms with van der Waals surface area (Å²) in [6.07, 6.45) is 0. The molecule has 2 heterocycles. The second kappa shape index (κ2) is 9.79. The molecule has 0 spiro atoms. The number of thiophene rings is 1. The van der Waals surface area contributed by atoms with Gasteiger partial charge in [-0.15, -0.1) is 11.3 Å². The van der Waals surface area contributed by atoms with E-state index in [0.717, 1.165) is 10.4 Å². The van der Waals surface area contributed by atoms with E-state index < -0.39 is 23.5 Å². The zero-order valence-corrected chi connectivity index (χ0v) is 20.2. The van der Waals surface area contributed by atoms with Crippen molar-refractivity contribution in [1.29, 1.82) is 0 Å². The minimum Gasteiger partial charge on any atom is -0.507 e. The van der Waals surface area contributed by atoms with Crippen molar-refractivity contribution in [3.8, 4) is 5.75 Å². The number of hydrogen-bond acceptors (Lipinski definition) is 5. The van der Waals surface area contributed by atoms with Gasteiger partial charge in [0.2, 0.25) is 0 Å². The molecule has 1 aromatic heterocycles. The quantitative estimate of drug-likeness (QED) is 0.189. The molecule has 36 heavy (non-hydrogen) atoms. The van der Waals surface area contributed by atoms with Crippen LogP contribution in [-0.2, 0) is 16.2 Å². The van der Waals surface area contributed by atoms with Gasteiger partial charge in [-0.3, -0.25) is 14.5 Å². The number of halogens is 1. The van der Waals surface area contributed by atoms with Crippen LogP contribution < -0.4 is 9.64 Å². The summed E-state index contributed by atoms with van der Waals surface area (Å²) in [7, 11) is 0. The molecule has 3 aromatic carbocycles. The number of aliphatic hydroxyl groups is 1. The fourth-order valence-electron chi connectivity index (χ4n) is 4.21. The van der Waals surface area contributed by atoms with E-state index in [2.05, 4.69) is 0 Å². The molecule has 1 aliphatic rings. The van der Waals surface area contributed by atoms with Gasteiger partial charge < -0.3 is 9.84 Å². The zero-order chi connectivity index (χ0) is 25.2. The van der Waals surface area contributed by atoms with Crippen molar-refractivity contribution < 1.29 is 23.8 Å². The molecule has 0 bridgehead atoms. The predicted octanol–water partition coefficient (Wildman–Crippen LogP) is 6.40. The highest BCUT2D eigenvalue weighted by atomic mass is 32.1. The molecule has 1 N–H and O–H groups in total. The number of carbonyl (C=O) groups excluding carboxylic acids is 2. The van der Waals surface area contributed by atoms with Crippen molar-refractivity contribution in [2.45, 2.75) is 19.6 Å². The Morgan fingerprint density at radius 3 is 2.42 bits per heavy atom. The minimum absolute atomic E-state index is 0.0298. The van der Waals surface area contributed by atoms with Crippen molar-refractivity contribution >= 4 is 34.5 Å². The highest BCUT2D eigenvalue weighted by Crippen LogP contribution is 2.43. The zero-order valence-electron chi connectivity index (χ0n) is 19.4. The molecule has 5 rings (SSSR count). The standard InChI is InChI=1S/C29H22FNO4S/c1-18-16-20(9-14-23(18)30)27(32)25-26(24-8-5-15-36-24)31(29(34)28(25)33)21-10-12-22(13-11-21)35-17-19-6-3-2-4-7-19/h2-16,26,32H,17H2,1H3/b27-25-. The van der Waals surface area contributed by atoms with Gasteiger partial charge in [0, 0.05) is 16.1 Å². The van der Waals surface area contributed by atoms with Crippen LogP contribution in [-0.4, -0.2) is 16.8 Å². The number of benzene rings is 3. The lowest BCUT2D eigenvalue weighted by molar-refractivity contribution is -0.132. The van der Waals surface area contributed by atoms with Crippen molar-refractivity contribution in [2.24, 2.45) is 0 Å². The number of aliphatic hydroxyl groups excluding tert-OH is 1. The number of rotatable bonds is 6. The smallest absolute Gasteiger partial charge is 0.300 e. The summed E-state index contributed by atoms with van der Waals surface area (Å²) in [6, 6.07) is 23.6. The second-order valence-electron chi connectivity index (χ2n) is 8.42. The van der Waals surface area contributed by atoms with Crippen LogP contribution in [0.15, 0.2) is 95.9 Å². The molecule has 0 saturated carbocycles. The van der Waals surface area contributed by atoms with Crippen LogP contribution >= 0.6 is 11.3 Å². The van der Waals surface area contributed by atoms with Gasteiger partial charge in [0.05, 0.1) is 5.57 Å². The van der Waals surface area contributed by atoms with Gasteiger partial charge in [0.25, 0.3) is 11.7 Å². The molecule has 1 unspecified atom stereocenters. The second-order valence-corrected chi connectivity index (χ2v) is 9.40. The lowest BCUT2D eigenvalue weighted by Gasteiger charge is -2.24. The molecule has 1 atom stereocenters. The van der Waals surface area contributed by atoms with Crippen LogP contribution in [0.4, 0.5) is 10.1 Å². The SMILES string of the molecule is Cc1cc(/C(O)=C2/C(=O)C(=O)N(c3ccc(OCc4ccccc4)cc3)C2c2cccs2)ccc1F. The third-order valence-electron chi connectivity index (χ3n) is 6.05. The third kappa shape index (κ3) is 4.41. The predicted molar refractivity (Wildman–Crippen MR) is 137 cm³/mol. The van der Waals surface area contributed by atoms with Crippen molar-refractivity contribution in [1.82, 2.24) is 0 Å². The molecular weight excluding hydrogens is 477 g/mol. The van der Waals surface area contributed by atoms with Crippen LogP contribution in [0.3, 0.4) is 0 Å². The molecule has 1 aliphatic heterocycles. The first-order valence-electron chi connectivity index (χ1n) is 11.3. The van der Waals surface area contributed by atoms with E-state index in [1.54, 1.807) is 31.2 Å². The Kier molecular flexibility index (Phi) is 6.40. The summed E-state index contributed by atoms with van der Waals surface area (Å²) in [5.74, 6) is -1.67. The molecular formula is C29H22FNO4S. The maximum atomic E-state index is 13.8. The van der Waals surface area contributed by atoms with Crippen molar-refractivity contribution in [3.05, 3.63) is 123 Å². The van der Waals surface area contributed by atoms with E-state index in [1.165, 1.54) is 34.4 Å². The van der Waals surface area contributed by atoms with Crippen molar-refractivity contribution in [2.75, 3.05) is 4.90 Å². The van der Waals surface area contributed by atoms with E-state index in [-0.39, 0.29) is 16.9 Å². The van der Waals surface area contributed by atoms with E-state index in [0.29, 0.717) is 23.6 Å². The van der Waals surface area contributed by atoms with E-state index >= 15 is 0 Å². The van der Waals surface area contributed by atoms with Gasteiger partial charge >= 0.3 is 0 Å². The summed E-state index contributed by atoms with van der Waals surface area (Å²) >= 11 is 1.38. The first-order chi connectivity index (χ1) is 17.4. The lowest BCUT2D eigenvalue weighted by Crippen LogP contribution is -2.29. The summed E-state index contributed by atoms with van der Waals surface area (Å²) in [6.45, 7) is 1.97. The van der Waals surface area contributed by atoms with Crippen molar-refractivity contribution in [3.63, 3.8) is 0 Å². The summed E-state index contributed by atoms with van der Waals surface area (Å²) in [5.41, 5.74) is 2.10. The summed E-state index contributed by atoms with van der Waals surface area (Å²) in [4.78, 5) is 28.5. The van der Waals surface area contributed by atoms with Gasteiger partial charge in [0.15, 0.2) is 0 Å². The van der Waals surface area contributed by atoms with Gasteiger partial charge in [0.1, 0.15) is 30.0 Å². The fraction of sp³-hybridized carbons (Fsp3) is 0.103. The first-order valence-corrected chi connectivity index (χ1v) is 12.2. The molecule has 1 fully saturated rings. The average Bonchev–Trinajstić information content (AvgIpc) is 3.52. The Morgan fingerprint density at radius 2 is 1.75 bits per heavy atom. The number of aryl methyl sites for hydroxylation is 1. The summed E-state index contributed by atoms with van der Waals surface area (Å²) in [5, 5.41) is 13.0. The van der Waals surface area contributed by atoms with E-state index in [9.17, 15) is 19.1 Å². The molecule has 7 heteroatoms. The first kappa shape index (κ1) is 23.5. The van der Waals surface area contributed by atoms with Crippen LogP contribution in [0.25, 0.3) is 5.76 Å². The Hall–Kier alpha value is -4.23. The number of ether oxygens (including phenoxy) is 1. The monoisotopic (exact) mass is 499 g/mol. The number of Topliss-reactive ketones (excluding diaryl/α,β-unsaturated/α-hetero) is 1. The van der Waals surface area contributed by atoms with Crippen LogP contribution in [0.2, 0.25) is 0 Å². The Morgan fingerprint density at radius 1 is 1.00 bits per heavy atom. The van der Waals surface area contributed by atoms with Crippen LogP contribution in [0, 0.1) is 12.7 Å². The third-order valence-corrected chi connectivity index (χ3v) is 6.98. The maximum absolute atomic E-state index is 13.8. The highest BCUT2D eigenvalue weighted by molar-refractivity contribution is 7.10. The van der Waals surface area contributed by atoms with Gasteiger partial charge in [-0.05, 0) is 72.0 Å². The number of anilines is 1.